The van der Waals surface area contributed by atoms with Crippen LogP contribution in [-0.2, 0) is 19.7 Å². The fraction of sp³-hybridized carbons (Fsp3) is 0.583. The maximum Gasteiger partial charge on any atom is 0.341 e. The van der Waals surface area contributed by atoms with Crippen LogP contribution < -0.4 is 9.64 Å². The van der Waals surface area contributed by atoms with E-state index in [2.05, 4.69) is 4.90 Å². The number of rotatable bonds is 4. The SMILES string of the molecule is CC[C@]12C=CCN3CCC4(c5ccc(OC)cc5N(C)[C@H]4C(O)(C(=O)O)[C@@H]1OC(C)=O)[C@@H]32. The lowest BCUT2D eigenvalue weighted by molar-refractivity contribution is -0.226. The van der Waals surface area contributed by atoms with Gasteiger partial charge in [0.1, 0.15) is 5.75 Å². The smallest absolute Gasteiger partial charge is 0.341 e. The highest BCUT2D eigenvalue weighted by Crippen LogP contribution is 2.67. The van der Waals surface area contributed by atoms with Crippen molar-refractivity contribution in [3.8, 4) is 5.75 Å². The molecule has 3 heterocycles. The van der Waals surface area contributed by atoms with Gasteiger partial charge in [0.05, 0.1) is 13.2 Å². The minimum absolute atomic E-state index is 0.115. The number of hydrogen-bond donors (Lipinski definition) is 2. The number of carboxylic acids is 1. The van der Waals surface area contributed by atoms with E-state index in [9.17, 15) is 19.8 Å². The van der Waals surface area contributed by atoms with Gasteiger partial charge in [-0.05, 0) is 31.0 Å². The van der Waals surface area contributed by atoms with Crippen LogP contribution in [0.5, 0.6) is 5.75 Å². The summed E-state index contributed by atoms with van der Waals surface area (Å²) in [5.74, 6) is -1.30. The molecular formula is C24H30N2O6. The van der Waals surface area contributed by atoms with Gasteiger partial charge >= 0.3 is 11.9 Å². The first-order chi connectivity index (χ1) is 15.2. The molecule has 0 bridgehead atoms. The number of carbonyl (C=O) groups is 2. The predicted molar refractivity (Wildman–Crippen MR) is 117 cm³/mol. The molecule has 4 aliphatic rings. The van der Waals surface area contributed by atoms with Crippen LogP contribution in [0.25, 0.3) is 0 Å². The molecule has 8 heteroatoms. The van der Waals surface area contributed by atoms with E-state index in [1.54, 1.807) is 7.11 Å². The average Bonchev–Trinajstić information content (AvgIpc) is 3.28. The highest BCUT2D eigenvalue weighted by atomic mass is 16.6. The second-order valence-electron chi connectivity index (χ2n) is 9.57. The Kier molecular flexibility index (Phi) is 4.46. The largest absolute Gasteiger partial charge is 0.497 e. The third kappa shape index (κ3) is 2.24. The van der Waals surface area contributed by atoms with E-state index in [0.29, 0.717) is 18.6 Å². The Morgan fingerprint density at radius 3 is 2.66 bits per heavy atom. The number of nitrogens with zero attached hydrogens (tertiary/aromatic N) is 2. The monoisotopic (exact) mass is 442 g/mol. The molecule has 0 amide bonds. The van der Waals surface area contributed by atoms with Crippen molar-refractivity contribution >= 4 is 17.6 Å². The first-order valence-electron chi connectivity index (χ1n) is 11.1. The Morgan fingerprint density at radius 1 is 1.28 bits per heavy atom. The van der Waals surface area contributed by atoms with Crippen LogP contribution in [0.4, 0.5) is 5.69 Å². The minimum atomic E-state index is -2.31. The summed E-state index contributed by atoms with van der Waals surface area (Å²) >= 11 is 0. The molecule has 3 aliphatic heterocycles. The van der Waals surface area contributed by atoms with Gasteiger partial charge < -0.3 is 24.6 Å². The maximum atomic E-state index is 12.9. The van der Waals surface area contributed by atoms with Gasteiger partial charge in [0, 0.05) is 49.1 Å². The molecule has 1 aromatic rings. The summed E-state index contributed by atoms with van der Waals surface area (Å²) in [7, 11) is 3.41. The third-order valence-corrected chi connectivity index (χ3v) is 8.45. The number of carbonyl (C=O) groups excluding carboxylic acids is 1. The van der Waals surface area contributed by atoms with Crippen LogP contribution in [0.15, 0.2) is 30.4 Å². The molecule has 32 heavy (non-hydrogen) atoms. The summed E-state index contributed by atoms with van der Waals surface area (Å²) in [6.45, 7) is 4.76. The maximum absolute atomic E-state index is 12.9. The summed E-state index contributed by atoms with van der Waals surface area (Å²) in [6.07, 6.45) is 4.03. The van der Waals surface area contributed by atoms with Crippen LogP contribution in [-0.4, -0.2) is 78.1 Å². The van der Waals surface area contributed by atoms with E-state index < -0.39 is 40.5 Å². The van der Waals surface area contributed by atoms with Crippen LogP contribution in [0.2, 0.25) is 0 Å². The molecule has 2 unspecified atom stereocenters. The van der Waals surface area contributed by atoms with E-state index in [4.69, 9.17) is 9.47 Å². The Bertz CT molecular complexity index is 1030. The van der Waals surface area contributed by atoms with E-state index in [1.807, 2.05) is 49.2 Å². The second-order valence-corrected chi connectivity index (χ2v) is 9.57. The number of aliphatic carboxylic acids is 1. The van der Waals surface area contributed by atoms with Crippen LogP contribution in [0.1, 0.15) is 32.3 Å². The number of benzene rings is 1. The molecule has 1 aromatic carbocycles. The van der Waals surface area contributed by atoms with E-state index in [0.717, 1.165) is 24.3 Å². The zero-order valence-electron chi connectivity index (χ0n) is 18.9. The topological polar surface area (TPSA) is 99.5 Å². The molecule has 1 aliphatic carbocycles. The third-order valence-electron chi connectivity index (χ3n) is 8.45. The number of ether oxygens (including phenoxy) is 2. The first-order valence-corrected chi connectivity index (χ1v) is 11.1. The highest BCUT2D eigenvalue weighted by molar-refractivity contribution is 5.85. The van der Waals surface area contributed by atoms with Crippen molar-refractivity contribution in [3.05, 3.63) is 35.9 Å². The summed E-state index contributed by atoms with van der Waals surface area (Å²) in [6, 6.07) is 4.90. The molecule has 0 aromatic heterocycles. The molecule has 6 atom stereocenters. The van der Waals surface area contributed by atoms with Crippen molar-refractivity contribution < 1.29 is 29.3 Å². The quantitative estimate of drug-likeness (QED) is 0.535. The molecule has 1 spiro atoms. The normalized spacial score (nSPS) is 39.3. The predicted octanol–water partition coefficient (Wildman–Crippen LogP) is 1.55. The zero-order valence-corrected chi connectivity index (χ0v) is 18.9. The Labute approximate surface area is 187 Å². The lowest BCUT2D eigenvalue weighted by atomic mass is 9.48. The molecular weight excluding hydrogens is 412 g/mol. The number of aliphatic hydroxyl groups is 1. The van der Waals surface area contributed by atoms with Crippen LogP contribution in [0.3, 0.4) is 0 Å². The fourth-order valence-corrected chi connectivity index (χ4v) is 7.52. The standard InChI is InChI=1S/C24H30N2O6/c1-5-22-9-6-11-26-12-10-23(18(22)26)16-8-7-15(31-4)13-17(16)25(3)19(23)24(30,21(28)29)20(22)32-14(2)27/h6-9,13,18-20,30H,5,10-12H2,1-4H3,(H,28,29)/t18-,19+,20+,22+,23?,24?/m0/s1. The number of fused-ring (bicyclic) bond motifs is 1. The molecule has 5 rings (SSSR count). The average molecular weight is 443 g/mol. The second kappa shape index (κ2) is 6.71. The lowest BCUT2D eigenvalue weighted by Crippen LogP contribution is -2.81. The van der Waals surface area contributed by atoms with Gasteiger partial charge in [-0.15, -0.1) is 0 Å². The highest BCUT2D eigenvalue weighted by Gasteiger charge is 2.80. The molecule has 1 saturated carbocycles. The van der Waals surface area contributed by atoms with E-state index >= 15 is 0 Å². The van der Waals surface area contributed by atoms with Crippen molar-refractivity contribution in [1.29, 1.82) is 0 Å². The van der Waals surface area contributed by atoms with Gasteiger partial charge in [0.15, 0.2) is 6.10 Å². The Morgan fingerprint density at radius 2 is 2.03 bits per heavy atom. The molecule has 0 radical (unpaired) electrons. The Balaban J connectivity index is 1.86. The van der Waals surface area contributed by atoms with Gasteiger partial charge in [0.25, 0.3) is 0 Å². The van der Waals surface area contributed by atoms with Crippen LogP contribution >= 0.6 is 0 Å². The van der Waals surface area contributed by atoms with Crippen molar-refractivity contribution in [3.63, 3.8) is 0 Å². The summed E-state index contributed by atoms with van der Waals surface area (Å²) in [5.41, 5.74) is -1.92. The summed E-state index contributed by atoms with van der Waals surface area (Å²) in [4.78, 5) is 29.3. The summed E-state index contributed by atoms with van der Waals surface area (Å²) in [5, 5.41) is 22.7. The van der Waals surface area contributed by atoms with E-state index in [1.165, 1.54) is 6.92 Å². The number of methoxy groups -OCH3 is 1. The first kappa shape index (κ1) is 21.3. The number of carboxylic acid groups (broad SMARTS) is 1. The molecule has 2 N–H and O–H groups in total. The van der Waals surface area contributed by atoms with Crippen molar-refractivity contribution in [1.82, 2.24) is 4.90 Å². The summed E-state index contributed by atoms with van der Waals surface area (Å²) < 4.78 is 11.2. The van der Waals surface area contributed by atoms with E-state index in [-0.39, 0.29) is 6.04 Å². The number of likely N-dealkylation sites (N-methyl/N-ethyl adjacent to an activating group) is 1. The Hall–Kier alpha value is -2.58. The van der Waals surface area contributed by atoms with Gasteiger partial charge in [-0.2, -0.15) is 0 Å². The van der Waals surface area contributed by atoms with Gasteiger partial charge in [-0.3, -0.25) is 9.69 Å². The minimum Gasteiger partial charge on any atom is -0.497 e. The van der Waals surface area contributed by atoms with Crippen LogP contribution in [0, 0.1) is 5.41 Å². The van der Waals surface area contributed by atoms with Crippen molar-refractivity contribution in [2.45, 2.75) is 55.9 Å². The number of esters is 1. The molecule has 1 saturated heterocycles. The van der Waals surface area contributed by atoms with Gasteiger partial charge in [-0.1, -0.05) is 25.1 Å². The lowest BCUT2D eigenvalue weighted by Gasteiger charge is -2.63. The van der Waals surface area contributed by atoms with Gasteiger partial charge in [-0.25, -0.2) is 4.79 Å². The number of hydrogen-bond acceptors (Lipinski definition) is 7. The van der Waals surface area contributed by atoms with Crippen molar-refractivity contribution in [2.24, 2.45) is 5.41 Å². The molecule has 8 nitrogen and oxygen atoms in total. The molecule has 2 fully saturated rings. The zero-order chi connectivity index (χ0) is 23.1. The van der Waals surface area contributed by atoms with Crippen molar-refractivity contribution in [2.75, 3.05) is 32.1 Å². The molecule has 172 valence electrons. The van der Waals surface area contributed by atoms with Gasteiger partial charge in [0.2, 0.25) is 5.60 Å². The number of anilines is 1. The fourth-order valence-electron chi connectivity index (χ4n) is 7.52.